The molecule has 0 aliphatic carbocycles. The first-order valence-electron chi connectivity index (χ1n) is 12.9. The van der Waals surface area contributed by atoms with Gasteiger partial charge in [-0.1, -0.05) is 26.0 Å². The molecule has 4 atom stereocenters. The van der Waals surface area contributed by atoms with Crippen molar-refractivity contribution in [3.8, 4) is 23.0 Å². The molecule has 0 bridgehead atoms. The van der Waals surface area contributed by atoms with Crippen LogP contribution in [-0.4, -0.2) is 58.2 Å². The van der Waals surface area contributed by atoms with Gasteiger partial charge in [-0.15, -0.1) is 0 Å². The van der Waals surface area contributed by atoms with E-state index in [1.54, 1.807) is 45.5 Å². The quantitative estimate of drug-likeness (QED) is 0.537. The van der Waals surface area contributed by atoms with E-state index in [0.717, 1.165) is 25.1 Å². The molecule has 0 radical (unpaired) electrons. The van der Waals surface area contributed by atoms with Crippen LogP contribution < -0.4 is 23.8 Å². The molecule has 0 spiro atoms. The number of ether oxygens (including phenoxy) is 4. The Hall–Kier alpha value is -3.42. The molecule has 2 fully saturated rings. The third-order valence-electron chi connectivity index (χ3n) is 7.48. The number of rotatable bonds is 7. The Morgan fingerprint density at radius 3 is 1.97 bits per heavy atom. The van der Waals surface area contributed by atoms with Gasteiger partial charge in [0.2, 0.25) is 17.6 Å². The molecule has 2 saturated heterocycles. The number of carbonyl (C=O) groups is 2. The topological polar surface area (TPSA) is 77.5 Å². The molecular weight excluding hydrogens is 472 g/mol. The number of hydrogen-bond acceptors (Lipinski definition) is 6. The minimum absolute atomic E-state index is 0.0560. The minimum Gasteiger partial charge on any atom is -0.497 e. The molecule has 200 valence electrons. The highest BCUT2D eigenvalue weighted by Gasteiger charge is 2.44. The zero-order valence-electron chi connectivity index (χ0n) is 22.7. The summed E-state index contributed by atoms with van der Waals surface area (Å²) in [5.74, 6) is 2.61. The van der Waals surface area contributed by atoms with E-state index in [2.05, 4.69) is 13.8 Å². The van der Waals surface area contributed by atoms with Crippen LogP contribution in [0.4, 0.5) is 5.69 Å². The van der Waals surface area contributed by atoms with Gasteiger partial charge in [0.15, 0.2) is 11.5 Å². The molecule has 2 aliphatic heterocycles. The second-order valence-electron chi connectivity index (χ2n) is 10.2. The van der Waals surface area contributed by atoms with Crippen LogP contribution >= 0.6 is 0 Å². The van der Waals surface area contributed by atoms with Gasteiger partial charge < -0.3 is 28.7 Å². The van der Waals surface area contributed by atoms with Crippen LogP contribution in [0, 0.1) is 17.8 Å². The van der Waals surface area contributed by atoms with Crippen molar-refractivity contribution in [3.63, 3.8) is 0 Å². The number of piperidine rings is 2. The van der Waals surface area contributed by atoms with Crippen molar-refractivity contribution in [2.24, 2.45) is 17.8 Å². The molecule has 2 aromatic rings. The maximum atomic E-state index is 14.1. The molecular formula is C29H38N2O6. The number of methoxy groups -OCH3 is 4. The van der Waals surface area contributed by atoms with Crippen molar-refractivity contribution in [1.82, 2.24) is 4.90 Å². The summed E-state index contributed by atoms with van der Waals surface area (Å²) in [6, 6.07) is 10.7. The number of anilines is 1. The predicted octanol–water partition coefficient (Wildman–Crippen LogP) is 4.71. The Bertz CT molecular complexity index is 1080. The lowest BCUT2D eigenvalue weighted by Crippen LogP contribution is -2.52. The largest absolute Gasteiger partial charge is 0.497 e. The third kappa shape index (κ3) is 5.33. The minimum atomic E-state index is -0.491. The zero-order valence-corrected chi connectivity index (χ0v) is 22.7. The molecule has 0 unspecified atom stereocenters. The fourth-order valence-electron chi connectivity index (χ4n) is 5.92. The number of nitrogens with zero attached hydrogens (tertiary/aromatic N) is 2. The maximum absolute atomic E-state index is 14.1. The van der Waals surface area contributed by atoms with Crippen LogP contribution in [0.15, 0.2) is 36.4 Å². The zero-order chi connectivity index (χ0) is 26.7. The first-order chi connectivity index (χ1) is 17.8. The van der Waals surface area contributed by atoms with Crippen molar-refractivity contribution >= 4 is 17.5 Å². The lowest BCUT2D eigenvalue weighted by molar-refractivity contribution is -0.141. The summed E-state index contributed by atoms with van der Waals surface area (Å²) < 4.78 is 22.0. The van der Waals surface area contributed by atoms with Gasteiger partial charge in [0.1, 0.15) is 5.75 Å². The maximum Gasteiger partial charge on any atom is 0.228 e. The number of likely N-dealkylation sites (tertiary alicyclic amines) is 1. The average molecular weight is 511 g/mol. The first-order valence-corrected chi connectivity index (χ1v) is 12.9. The second kappa shape index (κ2) is 11.3. The number of carbonyl (C=O) groups excluding carboxylic acids is 2. The summed E-state index contributed by atoms with van der Waals surface area (Å²) in [4.78, 5) is 31.4. The molecule has 37 heavy (non-hydrogen) atoms. The molecule has 4 rings (SSSR count). The van der Waals surface area contributed by atoms with Crippen molar-refractivity contribution < 1.29 is 28.5 Å². The standard InChI is InChI=1S/C29H38N2O6/c1-18-13-19(2)17-30(16-18)29(33)23-11-12-26(32)31(27(23)20-7-9-22(34-3)10-8-20)21-14-24(35-4)28(37-6)25(15-21)36-5/h7-10,14-15,18-19,23,27H,11-13,16-17H2,1-6H3/t18-,19+,23-,27-/m1/s1. The monoisotopic (exact) mass is 510 g/mol. The van der Waals surface area contributed by atoms with E-state index in [9.17, 15) is 9.59 Å². The lowest BCUT2D eigenvalue weighted by atomic mass is 9.81. The van der Waals surface area contributed by atoms with E-state index in [0.29, 0.717) is 46.9 Å². The first kappa shape index (κ1) is 26.6. The van der Waals surface area contributed by atoms with Gasteiger partial charge in [0.25, 0.3) is 0 Å². The normalized spacial score (nSPS) is 24.0. The second-order valence-corrected chi connectivity index (χ2v) is 10.2. The van der Waals surface area contributed by atoms with Gasteiger partial charge in [0, 0.05) is 31.6 Å². The molecule has 2 amide bonds. The molecule has 0 N–H and O–H groups in total. The Morgan fingerprint density at radius 2 is 1.46 bits per heavy atom. The van der Waals surface area contributed by atoms with Crippen LogP contribution in [0.1, 0.15) is 44.7 Å². The van der Waals surface area contributed by atoms with Gasteiger partial charge in [-0.25, -0.2) is 0 Å². The molecule has 0 saturated carbocycles. The highest BCUT2D eigenvalue weighted by atomic mass is 16.5. The Morgan fingerprint density at radius 1 is 0.865 bits per heavy atom. The van der Waals surface area contributed by atoms with E-state index in [1.165, 1.54) is 0 Å². The fraction of sp³-hybridized carbons (Fsp3) is 0.517. The molecule has 8 heteroatoms. The molecule has 0 aromatic heterocycles. The average Bonchev–Trinajstić information content (AvgIpc) is 2.91. The van der Waals surface area contributed by atoms with E-state index in [1.807, 2.05) is 29.2 Å². The van der Waals surface area contributed by atoms with Crippen molar-refractivity contribution in [2.45, 2.75) is 39.2 Å². The van der Waals surface area contributed by atoms with Crippen LogP contribution in [0.3, 0.4) is 0 Å². The highest BCUT2D eigenvalue weighted by molar-refractivity contribution is 5.98. The van der Waals surface area contributed by atoms with Crippen molar-refractivity contribution in [1.29, 1.82) is 0 Å². The van der Waals surface area contributed by atoms with E-state index in [-0.39, 0.29) is 24.2 Å². The van der Waals surface area contributed by atoms with Gasteiger partial charge >= 0.3 is 0 Å². The summed E-state index contributed by atoms with van der Waals surface area (Å²) in [6.07, 6.45) is 1.89. The summed E-state index contributed by atoms with van der Waals surface area (Å²) >= 11 is 0. The predicted molar refractivity (Wildman–Crippen MR) is 142 cm³/mol. The van der Waals surface area contributed by atoms with Gasteiger partial charge in [0.05, 0.1) is 46.1 Å². The van der Waals surface area contributed by atoms with Crippen LogP contribution in [0.2, 0.25) is 0 Å². The lowest BCUT2D eigenvalue weighted by Gasteiger charge is -2.44. The summed E-state index contributed by atoms with van der Waals surface area (Å²) in [6.45, 7) is 5.88. The number of amides is 2. The van der Waals surface area contributed by atoms with Crippen LogP contribution in [0.25, 0.3) is 0 Å². The Kier molecular flexibility index (Phi) is 8.15. The number of benzene rings is 2. The molecule has 2 heterocycles. The smallest absolute Gasteiger partial charge is 0.228 e. The number of hydrogen-bond donors (Lipinski definition) is 0. The summed E-state index contributed by atoms with van der Waals surface area (Å²) in [5, 5.41) is 0. The molecule has 2 aliphatic rings. The molecule has 8 nitrogen and oxygen atoms in total. The van der Waals surface area contributed by atoms with Gasteiger partial charge in [-0.2, -0.15) is 0 Å². The fourth-order valence-corrected chi connectivity index (χ4v) is 5.92. The third-order valence-corrected chi connectivity index (χ3v) is 7.48. The van der Waals surface area contributed by atoms with Crippen molar-refractivity contribution in [2.75, 3.05) is 46.4 Å². The Balaban J connectivity index is 1.82. The van der Waals surface area contributed by atoms with E-state index >= 15 is 0 Å². The van der Waals surface area contributed by atoms with E-state index < -0.39 is 6.04 Å². The summed E-state index contributed by atoms with van der Waals surface area (Å²) in [5.41, 5.74) is 1.47. The summed E-state index contributed by atoms with van der Waals surface area (Å²) in [7, 11) is 6.25. The Labute approximate surface area is 219 Å². The van der Waals surface area contributed by atoms with Crippen LogP contribution in [0.5, 0.6) is 23.0 Å². The van der Waals surface area contributed by atoms with E-state index in [4.69, 9.17) is 18.9 Å². The van der Waals surface area contributed by atoms with Crippen molar-refractivity contribution in [3.05, 3.63) is 42.0 Å². The molecule has 2 aromatic carbocycles. The van der Waals surface area contributed by atoms with Gasteiger partial charge in [-0.3, -0.25) is 9.59 Å². The van der Waals surface area contributed by atoms with Crippen LogP contribution in [-0.2, 0) is 9.59 Å². The van der Waals surface area contributed by atoms with Gasteiger partial charge in [-0.05, 0) is 42.4 Å². The SMILES string of the molecule is COc1ccc([C@@H]2[C@H](C(=O)N3C[C@H](C)C[C@H](C)C3)CCC(=O)N2c2cc(OC)c(OC)c(OC)c2)cc1. The highest BCUT2D eigenvalue weighted by Crippen LogP contribution is 2.47.